The van der Waals surface area contributed by atoms with Gasteiger partial charge in [-0.2, -0.15) is 0 Å². The second-order valence-corrected chi connectivity index (χ2v) is 9.43. The molecule has 0 amide bonds. The fourth-order valence-corrected chi connectivity index (χ4v) is 7.41. The van der Waals surface area contributed by atoms with Crippen LogP contribution >= 0.6 is 57.5 Å². The van der Waals surface area contributed by atoms with Crippen molar-refractivity contribution in [3.63, 3.8) is 0 Å². The molecule has 0 saturated carbocycles. The van der Waals surface area contributed by atoms with Crippen molar-refractivity contribution in [3.8, 4) is 20.2 Å². The van der Waals surface area contributed by atoms with Gasteiger partial charge < -0.3 is 0 Å². The lowest BCUT2D eigenvalue weighted by Crippen LogP contribution is -1.80. The molecule has 0 saturated heterocycles. The summed E-state index contributed by atoms with van der Waals surface area (Å²) >= 11 is 9.23. The van der Waals surface area contributed by atoms with Crippen LogP contribution in [0.25, 0.3) is 20.2 Å². The number of hydrogen-bond donors (Lipinski definition) is 0. The van der Waals surface area contributed by atoms with Crippen LogP contribution in [0.15, 0.2) is 69.4 Å². The summed E-state index contributed by atoms with van der Waals surface area (Å²) in [6, 6.07) is 6.56. The molecule has 0 bridgehead atoms. The van der Waals surface area contributed by atoms with E-state index < -0.39 is 0 Å². The minimum Gasteiger partial charge on any atom is -0.144 e. The zero-order valence-electron chi connectivity index (χ0n) is 12.5. The summed E-state index contributed by atoms with van der Waals surface area (Å²) in [6.07, 6.45) is 3.94. The van der Waals surface area contributed by atoms with Crippen molar-refractivity contribution >= 4 is 57.5 Å². The Hall–Kier alpha value is -0.720. The van der Waals surface area contributed by atoms with Gasteiger partial charge in [-0.3, -0.25) is 0 Å². The van der Waals surface area contributed by atoms with E-state index >= 15 is 0 Å². The smallest absolute Gasteiger partial charge is 0.0596 e. The van der Waals surface area contributed by atoms with E-state index in [1.165, 1.54) is 30.0 Å². The second kappa shape index (κ2) is 8.40. The van der Waals surface area contributed by atoms with Gasteiger partial charge in [-0.1, -0.05) is 18.2 Å². The summed E-state index contributed by atoms with van der Waals surface area (Å²) in [4.78, 5) is 6.87. The topological polar surface area (TPSA) is 0 Å². The Morgan fingerprint density at radius 3 is 2.48 bits per heavy atom. The van der Waals surface area contributed by atoms with E-state index in [1.807, 2.05) is 58.3 Å². The third kappa shape index (κ3) is 3.86. The van der Waals surface area contributed by atoms with Gasteiger partial charge in [0.15, 0.2) is 0 Å². The highest BCUT2D eigenvalue weighted by Crippen LogP contribution is 2.49. The Labute approximate surface area is 158 Å². The van der Waals surface area contributed by atoms with Gasteiger partial charge in [0, 0.05) is 37.1 Å². The summed E-state index contributed by atoms with van der Waals surface area (Å²) in [5.74, 6) is 1.88. The zero-order valence-corrected chi connectivity index (χ0v) is 16.6. The molecular weight excluding hydrogens is 377 g/mol. The molecule has 3 rings (SSSR count). The van der Waals surface area contributed by atoms with Crippen molar-refractivity contribution < 1.29 is 0 Å². The molecule has 0 aliphatic heterocycles. The Balaban J connectivity index is 2.02. The minimum absolute atomic E-state index is 0.936. The fraction of sp³-hybridized carbons (Fsp3) is 0.111. The maximum Gasteiger partial charge on any atom is 0.0596 e. The van der Waals surface area contributed by atoms with Crippen molar-refractivity contribution in [1.29, 1.82) is 0 Å². The first-order valence-corrected chi connectivity index (χ1v) is 11.7. The van der Waals surface area contributed by atoms with Crippen LogP contribution in [0.3, 0.4) is 0 Å². The number of thiophene rings is 3. The Bertz CT molecular complexity index is 776. The molecule has 3 aromatic rings. The number of hydrogen-bond acceptors (Lipinski definition) is 5. The molecule has 5 heteroatoms. The van der Waals surface area contributed by atoms with Gasteiger partial charge in [0.2, 0.25) is 0 Å². The highest BCUT2D eigenvalue weighted by molar-refractivity contribution is 8.02. The summed E-state index contributed by atoms with van der Waals surface area (Å²) in [6.45, 7) is 7.70. The third-order valence-electron chi connectivity index (χ3n) is 3.07. The van der Waals surface area contributed by atoms with Gasteiger partial charge in [0.25, 0.3) is 0 Å². The van der Waals surface area contributed by atoms with Gasteiger partial charge in [-0.05, 0) is 22.9 Å². The predicted octanol–water partition coefficient (Wildman–Crippen LogP) is 7.76. The number of rotatable bonds is 8. The lowest BCUT2D eigenvalue weighted by molar-refractivity contribution is 1.34. The molecule has 23 heavy (non-hydrogen) atoms. The molecule has 0 atom stereocenters. The first kappa shape index (κ1) is 17.1. The SMILES string of the molecule is C=CCSc1csc(-c2sccc2-c2cccs2)c1SCC=C. The van der Waals surface area contributed by atoms with E-state index in [2.05, 4.69) is 47.5 Å². The van der Waals surface area contributed by atoms with Gasteiger partial charge >= 0.3 is 0 Å². The van der Waals surface area contributed by atoms with E-state index in [1.54, 1.807) is 11.3 Å². The molecule has 0 aliphatic carbocycles. The summed E-state index contributed by atoms with van der Waals surface area (Å²) in [7, 11) is 0. The molecule has 0 aliphatic rings. The first-order valence-electron chi connectivity index (χ1n) is 7.05. The monoisotopic (exact) mass is 392 g/mol. The van der Waals surface area contributed by atoms with Crippen molar-refractivity contribution in [2.75, 3.05) is 11.5 Å². The highest BCUT2D eigenvalue weighted by Gasteiger charge is 2.18. The molecular formula is C18H16S5. The zero-order chi connectivity index (χ0) is 16.1. The van der Waals surface area contributed by atoms with E-state index in [0.29, 0.717) is 0 Å². The van der Waals surface area contributed by atoms with Crippen molar-refractivity contribution in [2.45, 2.75) is 9.79 Å². The quantitative estimate of drug-likeness (QED) is 0.284. The standard InChI is InChI=1S/C18H16S5/c1-3-8-19-15-12-23-18(17(15)21-9-4-2)16-13(7-11-22-16)14-6-5-10-20-14/h3-7,10-12H,1-2,8-9H2. The first-order chi connectivity index (χ1) is 11.3. The second-order valence-electron chi connectivity index (χ2n) is 4.60. The van der Waals surface area contributed by atoms with Gasteiger partial charge in [0.05, 0.1) is 9.75 Å². The van der Waals surface area contributed by atoms with Crippen LogP contribution < -0.4 is 0 Å². The maximum absolute atomic E-state index is 3.87. The molecule has 0 nitrogen and oxygen atoms in total. The minimum atomic E-state index is 0.936. The molecule has 0 radical (unpaired) electrons. The summed E-state index contributed by atoms with van der Waals surface area (Å²) in [5.41, 5.74) is 1.35. The van der Waals surface area contributed by atoms with Crippen molar-refractivity contribution in [1.82, 2.24) is 0 Å². The summed E-state index contributed by atoms with van der Waals surface area (Å²) in [5, 5.41) is 6.62. The van der Waals surface area contributed by atoms with Gasteiger partial charge in [0.1, 0.15) is 0 Å². The molecule has 0 fully saturated rings. The third-order valence-corrected chi connectivity index (χ3v) is 8.59. The maximum atomic E-state index is 3.87. The largest absolute Gasteiger partial charge is 0.144 e. The molecule has 0 spiro atoms. The fourth-order valence-electron chi connectivity index (χ4n) is 2.13. The van der Waals surface area contributed by atoms with Crippen LogP contribution in [0.1, 0.15) is 0 Å². The summed E-state index contributed by atoms with van der Waals surface area (Å²) < 4.78 is 0. The Kier molecular flexibility index (Phi) is 6.25. The molecule has 0 N–H and O–H groups in total. The van der Waals surface area contributed by atoms with E-state index in [4.69, 9.17) is 0 Å². The van der Waals surface area contributed by atoms with Crippen LogP contribution in [0.5, 0.6) is 0 Å². The van der Waals surface area contributed by atoms with Crippen LogP contribution in [0.2, 0.25) is 0 Å². The highest BCUT2D eigenvalue weighted by atomic mass is 32.2. The molecule has 0 unspecified atom stereocenters. The molecule has 118 valence electrons. The molecule has 3 aromatic heterocycles. The van der Waals surface area contributed by atoms with E-state index in [9.17, 15) is 0 Å². The van der Waals surface area contributed by atoms with Gasteiger partial charge in [-0.25, -0.2) is 0 Å². The van der Waals surface area contributed by atoms with Crippen LogP contribution in [-0.2, 0) is 0 Å². The Morgan fingerprint density at radius 1 is 0.913 bits per heavy atom. The molecule has 3 heterocycles. The molecule has 0 aromatic carbocycles. The average molecular weight is 393 g/mol. The Morgan fingerprint density at radius 2 is 1.74 bits per heavy atom. The van der Waals surface area contributed by atoms with E-state index in [-0.39, 0.29) is 0 Å². The van der Waals surface area contributed by atoms with Crippen molar-refractivity contribution in [2.24, 2.45) is 0 Å². The van der Waals surface area contributed by atoms with E-state index in [0.717, 1.165) is 11.5 Å². The van der Waals surface area contributed by atoms with Crippen LogP contribution in [-0.4, -0.2) is 11.5 Å². The average Bonchev–Trinajstić information content (AvgIpc) is 3.29. The van der Waals surface area contributed by atoms with Gasteiger partial charge in [-0.15, -0.1) is 70.7 Å². The van der Waals surface area contributed by atoms with Crippen molar-refractivity contribution in [3.05, 3.63) is 59.6 Å². The number of thioether (sulfide) groups is 2. The lowest BCUT2D eigenvalue weighted by Gasteiger charge is -2.06. The van der Waals surface area contributed by atoms with Crippen LogP contribution in [0.4, 0.5) is 0 Å². The lowest BCUT2D eigenvalue weighted by atomic mass is 10.2. The normalized spacial score (nSPS) is 10.8. The predicted molar refractivity (Wildman–Crippen MR) is 113 cm³/mol. The van der Waals surface area contributed by atoms with Crippen LogP contribution in [0, 0.1) is 0 Å².